The van der Waals surface area contributed by atoms with Gasteiger partial charge < -0.3 is 0 Å². The highest BCUT2D eigenvalue weighted by atomic mass is 35.7. The molecule has 0 saturated carbocycles. The second kappa shape index (κ2) is 5.76. The van der Waals surface area contributed by atoms with Gasteiger partial charge in [0.25, 0.3) is 0 Å². The molecule has 0 aliphatic heterocycles. The van der Waals surface area contributed by atoms with Crippen LogP contribution in [0.3, 0.4) is 0 Å². The summed E-state index contributed by atoms with van der Waals surface area (Å²) >= 11 is 0. The van der Waals surface area contributed by atoms with Crippen LogP contribution in [0.15, 0.2) is 48.5 Å². The van der Waals surface area contributed by atoms with Gasteiger partial charge in [-0.3, -0.25) is 0 Å². The van der Waals surface area contributed by atoms with Gasteiger partial charge in [0.05, 0.1) is 5.75 Å². The summed E-state index contributed by atoms with van der Waals surface area (Å²) in [4.78, 5) is 0. The lowest BCUT2D eigenvalue weighted by molar-refractivity contribution is 0.609. The Labute approximate surface area is 118 Å². The molecular formula is C15H15ClO2S. The summed E-state index contributed by atoms with van der Waals surface area (Å²) in [5.74, 6) is -0.140. The van der Waals surface area contributed by atoms with Crippen LogP contribution >= 0.6 is 10.7 Å². The number of benzene rings is 2. The van der Waals surface area contributed by atoms with Crippen molar-refractivity contribution in [3.05, 3.63) is 59.7 Å². The van der Waals surface area contributed by atoms with Gasteiger partial charge in [-0.2, -0.15) is 0 Å². The molecule has 0 aliphatic carbocycles. The molecule has 2 rings (SSSR count). The summed E-state index contributed by atoms with van der Waals surface area (Å²) in [6, 6.07) is 15.7. The van der Waals surface area contributed by atoms with Crippen molar-refractivity contribution in [2.24, 2.45) is 0 Å². The van der Waals surface area contributed by atoms with E-state index < -0.39 is 9.05 Å². The first-order valence-corrected chi connectivity index (χ1v) is 8.57. The van der Waals surface area contributed by atoms with E-state index in [0.29, 0.717) is 5.56 Å². The second-order valence-electron chi connectivity index (χ2n) is 4.39. The van der Waals surface area contributed by atoms with E-state index in [9.17, 15) is 8.42 Å². The number of rotatable bonds is 4. The summed E-state index contributed by atoms with van der Waals surface area (Å²) in [6.45, 7) is 2.08. The van der Waals surface area contributed by atoms with E-state index in [-0.39, 0.29) is 5.75 Å². The Morgan fingerprint density at radius 3 is 2.32 bits per heavy atom. The van der Waals surface area contributed by atoms with Gasteiger partial charge in [0.2, 0.25) is 9.05 Å². The summed E-state index contributed by atoms with van der Waals surface area (Å²) < 4.78 is 22.3. The van der Waals surface area contributed by atoms with E-state index in [1.807, 2.05) is 48.5 Å². The van der Waals surface area contributed by atoms with E-state index >= 15 is 0 Å². The molecule has 0 spiro atoms. The van der Waals surface area contributed by atoms with E-state index in [2.05, 4.69) is 6.92 Å². The molecule has 2 nitrogen and oxygen atoms in total. The third-order valence-corrected chi connectivity index (χ3v) is 3.98. The average Bonchev–Trinajstić information content (AvgIpc) is 2.38. The summed E-state index contributed by atoms with van der Waals surface area (Å²) in [6.07, 6.45) is 0.901. The largest absolute Gasteiger partial charge is 0.236 e. The number of hydrogen-bond donors (Lipinski definition) is 0. The van der Waals surface area contributed by atoms with Gasteiger partial charge in [-0.25, -0.2) is 8.42 Å². The number of aryl methyl sites for hydroxylation is 1. The van der Waals surface area contributed by atoms with Gasteiger partial charge in [-0.05, 0) is 34.7 Å². The molecule has 0 amide bonds. The molecule has 0 aromatic heterocycles. The molecule has 0 heterocycles. The monoisotopic (exact) mass is 294 g/mol. The fraction of sp³-hybridized carbons (Fsp3) is 0.200. The maximum atomic E-state index is 11.2. The molecule has 0 bridgehead atoms. The summed E-state index contributed by atoms with van der Waals surface area (Å²) in [5, 5.41) is 0. The van der Waals surface area contributed by atoms with Crippen LogP contribution in [0.4, 0.5) is 0 Å². The Balaban J connectivity index is 2.49. The maximum absolute atomic E-state index is 11.2. The van der Waals surface area contributed by atoms with Gasteiger partial charge in [-0.1, -0.05) is 49.4 Å². The second-order valence-corrected chi connectivity index (χ2v) is 7.17. The van der Waals surface area contributed by atoms with Crippen LogP contribution in [0.2, 0.25) is 0 Å². The van der Waals surface area contributed by atoms with Crippen molar-refractivity contribution in [1.82, 2.24) is 0 Å². The molecule has 0 aliphatic rings. The molecule has 0 N–H and O–H groups in total. The minimum Gasteiger partial charge on any atom is -0.212 e. The quantitative estimate of drug-likeness (QED) is 0.799. The molecule has 4 heteroatoms. The lowest BCUT2D eigenvalue weighted by Gasteiger charge is -2.10. The number of hydrogen-bond acceptors (Lipinski definition) is 2. The van der Waals surface area contributed by atoms with Crippen LogP contribution in [-0.4, -0.2) is 8.42 Å². The zero-order chi connectivity index (χ0) is 13.9. The molecule has 2 aromatic carbocycles. The maximum Gasteiger partial charge on any atom is 0.236 e. The van der Waals surface area contributed by atoms with Gasteiger partial charge in [0.15, 0.2) is 0 Å². The van der Waals surface area contributed by atoms with E-state index in [0.717, 1.165) is 17.5 Å². The van der Waals surface area contributed by atoms with Crippen molar-refractivity contribution >= 4 is 19.7 Å². The minimum absolute atomic E-state index is 0.140. The SMILES string of the molecule is CCc1ccc(CS(=O)(=O)Cl)cc1-c1ccccc1. The molecule has 19 heavy (non-hydrogen) atoms. The topological polar surface area (TPSA) is 34.1 Å². The predicted molar refractivity (Wildman–Crippen MR) is 79.7 cm³/mol. The average molecular weight is 295 g/mol. The molecule has 0 fully saturated rings. The van der Waals surface area contributed by atoms with Crippen LogP contribution in [0.25, 0.3) is 11.1 Å². The fourth-order valence-electron chi connectivity index (χ4n) is 2.11. The first-order chi connectivity index (χ1) is 8.99. The molecule has 0 atom stereocenters. The van der Waals surface area contributed by atoms with Crippen LogP contribution in [0.5, 0.6) is 0 Å². The van der Waals surface area contributed by atoms with Crippen molar-refractivity contribution in [3.8, 4) is 11.1 Å². The fourth-order valence-corrected chi connectivity index (χ4v) is 3.06. The van der Waals surface area contributed by atoms with Crippen LogP contribution in [0.1, 0.15) is 18.1 Å². The highest BCUT2D eigenvalue weighted by Crippen LogP contribution is 2.26. The number of halogens is 1. The third-order valence-electron chi connectivity index (χ3n) is 2.98. The van der Waals surface area contributed by atoms with Crippen molar-refractivity contribution < 1.29 is 8.42 Å². The zero-order valence-electron chi connectivity index (χ0n) is 10.6. The molecule has 0 radical (unpaired) electrons. The van der Waals surface area contributed by atoms with Crippen molar-refractivity contribution in [2.75, 3.05) is 0 Å². The van der Waals surface area contributed by atoms with Gasteiger partial charge in [-0.15, -0.1) is 0 Å². The van der Waals surface area contributed by atoms with E-state index in [1.54, 1.807) is 0 Å². The van der Waals surface area contributed by atoms with E-state index in [1.165, 1.54) is 5.56 Å². The van der Waals surface area contributed by atoms with Crippen molar-refractivity contribution in [2.45, 2.75) is 19.1 Å². The highest BCUT2D eigenvalue weighted by molar-refractivity contribution is 8.13. The van der Waals surface area contributed by atoms with Crippen LogP contribution in [-0.2, 0) is 21.2 Å². The standard InChI is InChI=1S/C15H15ClO2S/c1-2-13-9-8-12(11-19(16,17)18)10-15(13)14-6-4-3-5-7-14/h3-10H,2,11H2,1H3. The highest BCUT2D eigenvalue weighted by Gasteiger charge is 2.10. The molecule has 0 saturated heterocycles. The predicted octanol–water partition coefficient (Wildman–Crippen LogP) is 3.98. The van der Waals surface area contributed by atoms with Crippen molar-refractivity contribution in [1.29, 1.82) is 0 Å². The van der Waals surface area contributed by atoms with Gasteiger partial charge >= 0.3 is 0 Å². The lowest BCUT2D eigenvalue weighted by atomic mass is 9.96. The molecule has 100 valence electrons. The summed E-state index contributed by atoms with van der Waals surface area (Å²) in [5.41, 5.74) is 4.07. The molecular weight excluding hydrogens is 280 g/mol. The Morgan fingerprint density at radius 2 is 1.74 bits per heavy atom. The van der Waals surface area contributed by atoms with Gasteiger partial charge in [0.1, 0.15) is 0 Å². The minimum atomic E-state index is -3.52. The zero-order valence-corrected chi connectivity index (χ0v) is 12.2. The Morgan fingerprint density at radius 1 is 1.05 bits per heavy atom. The Hall–Kier alpha value is -1.32. The lowest BCUT2D eigenvalue weighted by Crippen LogP contribution is -1.97. The normalized spacial score (nSPS) is 11.5. The first-order valence-electron chi connectivity index (χ1n) is 6.09. The third kappa shape index (κ3) is 3.82. The summed E-state index contributed by atoms with van der Waals surface area (Å²) in [7, 11) is 1.79. The van der Waals surface area contributed by atoms with E-state index in [4.69, 9.17) is 10.7 Å². The first kappa shape index (κ1) is 14.1. The van der Waals surface area contributed by atoms with Gasteiger partial charge in [0, 0.05) is 10.7 Å². The molecule has 2 aromatic rings. The van der Waals surface area contributed by atoms with Crippen LogP contribution < -0.4 is 0 Å². The van der Waals surface area contributed by atoms with Crippen LogP contribution in [0, 0.1) is 0 Å². The smallest absolute Gasteiger partial charge is 0.212 e. The molecule has 0 unspecified atom stereocenters. The van der Waals surface area contributed by atoms with Crippen molar-refractivity contribution in [3.63, 3.8) is 0 Å². The Kier molecular flexibility index (Phi) is 4.27. The Bertz CT molecular complexity index is 664.